The van der Waals surface area contributed by atoms with Crippen molar-refractivity contribution in [2.45, 2.75) is 0 Å². The van der Waals surface area contributed by atoms with Gasteiger partial charge in [-0.3, -0.25) is 0 Å². The monoisotopic (exact) mass is 565 g/mol. The van der Waals surface area contributed by atoms with Crippen molar-refractivity contribution in [2.75, 3.05) is 0 Å². The third-order valence-electron chi connectivity index (χ3n) is 8.31. The third-order valence-corrected chi connectivity index (χ3v) is 9.45. The Bertz CT molecular complexity index is 2510. The van der Waals surface area contributed by atoms with Crippen LogP contribution in [0.4, 0.5) is 0 Å². The second kappa shape index (κ2) is 9.55. The average molecular weight is 566 g/mol. The standard InChI is InChI=1S/C39H23N3S/c1-2-10-26(11-3-1)37-40-38(27-18-17-25-20-22-35-36(33(25)23-27)32-13-6-7-16-34(32)43-35)42-39(41-37)31-15-8-14-29-28-12-5-4-9-24(28)19-21-30(29)31/h1-23H. The number of thiophene rings is 1. The molecule has 0 saturated carbocycles. The van der Waals surface area contributed by atoms with Crippen LogP contribution in [0.15, 0.2) is 140 Å². The zero-order valence-electron chi connectivity index (χ0n) is 23.0. The molecule has 0 atom stereocenters. The van der Waals surface area contributed by atoms with Gasteiger partial charge in [0.1, 0.15) is 0 Å². The van der Waals surface area contributed by atoms with Gasteiger partial charge in [-0.1, -0.05) is 121 Å². The van der Waals surface area contributed by atoms with E-state index in [1.165, 1.54) is 47.1 Å². The Balaban J connectivity index is 1.31. The summed E-state index contributed by atoms with van der Waals surface area (Å²) in [7, 11) is 0. The van der Waals surface area contributed by atoms with Crippen molar-refractivity contribution in [1.82, 2.24) is 15.0 Å². The second-order valence-electron chi connectivity index (χ2n) is 10.8. The summed E-state index contributed by atoms with van der Waals surface area (Å²) < 4.78 is 2.59. The van der Waals surface area contributed by atoms with Gasteiger partial charge in [-0.2, -0.15) is 0 Å². The van der Waals surface area contributed by atoms with Crippen LogP contribution >= 0.6 is 11.3 Å². The highest BCUT2D eigenvalue weighted by Gasteiger charge is 2.16. The molecule has 9 aromatic rings. The Morgan fingerprint density at radius 2 is 1.05 bits per heavy atom. The lowest BCUT2D eigenvalue weighted by Gasteiger charge is -2.12. The molecule has 0 fully saturated rings. The first-order valence-corrected chi connectivity index (χ1v) is 15.2. The first-order valence-electron chi connectivity index (χ1n) is 14.4. The van der Waals surface area contributed by atoms with E-state index in [-0.39, 0.29) is 0 Å². The summed E-state index contributed by atoms with van der Waals surface area (Å²) in [5, 5.41) is 9.76. The maximum absolute atomic E-state index is 5.15. The molecule has 0 spiro atoms. The van der Waals surface area contributed by atoms with Crippen molar-refractivity contribution in [3.8, 4) is 34.2 Å². The molecular formula is C39H23N3S. The van der Waals surface area contributed by atoms with Crippen molar-refractivity contribution in [2.24, 2.45) is 0 Å². The van der Waals surface area contributed by atoms with E-state index in [4.69, 9.17) is 15.0 Å². The minimum absolute atomic E-state index is 0.665. The van der Waals surface area contributed by atoms with Crippen LogP contribution in [0.2, 0.25) is 0 Å². The topological polar surface area (TPSA) is 38.7 Å². The normalized spacial score (nSPS) is 11.7. The number of rotatable bonds is 3. The van der Waals surface area contributed by atoms with Gasteiger partial charge in [0, 0.05) is 36.9 Å². The zero-order chi connectivity index (χ0) is 28.3. The summed E-state index contributed by atoms with van der Waals surface area (Å²) in [5.41, 5.74) is 2.93. The number of hydrogen-bond acceptors (Lipinski definition) is 4. The van der Waals surface area contributed by atoms with Crippen LogP contribution < -0.4 is 0 Å². The zero-order valence-corrected chi connectivity index (χ0v) is 23.8. The Morgan fingerprint density at radius 1 is 0.372 bits per heavy atom. The number of hydrogen-bond donors (Lipinski definition) is 0. The molecule has 2 aromatic heterocycles. The number of benzene rings is 7. The molecule has 9 rings (SSSR count). The van der Waals surface area contributed by atoms with Crippen LogP contribution in [0.1, 0.15) is 0 Å². The average Bonchev–Trinajstić information content (AvgIpc) is 3.47. The van der Waals surface area contributed by atoms with Gasteiger partial charge in [0.05, 0.1) is 0 Å². The quantitative estimate of drug-likeness (QED) is 0.200. The molecule has 3 nitrogen and oxygen atoms in total. The minimum atomic E-state index is 0.665. The molecule has 0 aliphatic heterocycles. The van der Waals surface area contributed by atoms with Gasteiger partial charge in [0.25, 0.3) is 0 Å². The molecule has 200 valence electrons. The van der Waals surface area contributed by atoms with Gasteiger partial charge in [0.2, 0.25) is 0 Å². The van der Waals surface area contributed by atoms with Crippen LogP contribution in [-0.4, -0.2) is 15.0 Å². The largest absolute Gasteiger partial charge is 0.208 e. The molecule has 0 radical (unpaired) electrons. The molecule has 0 amide bonds. The fourth-order valence-corrected chi connectivity index (χ4v) is 7.38. The highest BCUT2D eigenvalue weighted by molar-refractivity contribution is 7.26. The minimum Gasteiger partial charge on any atom is -0.208 e. The smallest absolute Gasteiger partial charge is 0.164 e. The Hall–Kier alpha value is -5.45. The third kappa shape index (κ3) is 3.92. The molecular weight excluding hydrogens is 543 g/mol. The van der Waals surface area contributed by atoms with Gasteiger partial charge < -0.3 is 0 Å². The lowest BCUT2D eigenvalue weighted by atomic mass is 9.98. The summed E-state index contributed by atoms with van der Waals surface area (Å²) in [4.78, 5) is 15.2. The molecule has 43 heavy (non-hydrogen) atoms. The van der Waals surface area contributed by atoms with E-state index < -0.39 is 0 Å². The van der Waals surface area contributed by atoms with Crippen LogP contribution in [-0.2, 0) is 0 Å². The van der Waals surface area contributed by atoms with E-state index >= 15 is 0 Å². The van der Waals surface area contributed by atoms with Crippen molar-refractivity contribution in [1.29, 1.82) is 0 Å². The van der Waals surface area contributed by atoms with Crippen molar-refractivity contribution < 1.29 is 0 Å². The summed E-state index contributed by atoms with van der Waals surface area (Å²) >= 11 is 1.84. The number of aromatic nitrogens is 3. The maximum Gasteiger partial charge on any atom is 0.164 e. The van der Waals surface area contributed by atoms with Gasteiger partial charge in [-0.05, 0) is 50.5 Å². The molecule has 0 aliphatic rings. The van der Waals surface area contributed by atoms with E-state index in [2.05, 4.69) is 121 Å². The van der Waals surface area contributed by atoms with Crippen LogP contribution in [0, 0.1) is 0 Å². The van der Waals surface area contributed by atoms with E-state index in [1.54, 1.807) is 0 Å². The second-order valence-corrected chi connectivity index (χ2v) is 11.9. The highest BCUT2D eigenvalue weighted by atomic mass is 32.1. The molecule has 0 saturated heterocycles. The molecule has 4 heteroatoms. The Labute approximate surface area is 251 Å². The highest BCUT2D eigenvalue weighted by Crippen LogP contribution is 2.40. The van der Waals surface area contributed by atoms with Crippen molar-refractivity contribution >= 4 is 63.8 Å². The Kier molecular flexibility index (Phi) is 5.37. The fraction of sp³-hybridized carbons (Fsp3) is 0. The molecule has 0 unspecified atom stereocenters. The summed E-state index contributed by atoms with van der Waals surface area (Å²) in [5.74, 6) is 2.00. The lowest BCUT2D eigenvalue weighted by Crippen LogP contribution is -2.00. The summed E-state index contributed by atoms with van der Waals surface area (Å²) in [6, 6.07) is 49.1. The molecule has 7 aromatic carbocycles. The first kappa shape index (κ1) is 24.2. The van der Waals surface area contributed by atoms with E-state index in [9.17, 15) is 0 Å². The van der Waals surface area contributed by atoms with Gasteiger partial charge >= 0.3 is 0 Å². The van der Waals surface area contributed by atoms with Crippen LogP contribution in [0.25, 0.3) is 86.7 Å². The predicted molar refractivity (Wildman–Crippen MR) is 182 cm³/mol. The molecule has 0 bridgehead atoms. The summed E-state index contributed by atoms with van der Waals surface area (Å²) in [6.45, 7) is 0. The van der Waals surface area contributed by atoms with E-state index in [1.807, 2.05) is 29.5 Å². The first-order chi connectivity index (χ1) is 21.3. The predicted octanol–water partition coefficient (Wildman–Crippen LogP) is 10.7. The fourth-order valence-electron chi connectivity index (χ4n) is 6.26. The van der Waals surface area contributed by atoms with E-state index in [0.29, 0.717) is 17.5 Å². The van der Waals surface area contributed by atoms with Gasteiger partial charge in [0.15, 0.2) is 17.5 Å². The van der Waals surface area contributed by atoms with Crippen LogP contribution in [0.5, 0.6) is 0 Å². The van der Waals surface area contributed by atoms with Crippen LogP contribution in [0.3, 0.4) is 0 Å². The Morgan fingerprint density at radius 3 is 1.95 bits per heavy atom. The summed E-state index contributed by atoms with van der Waals surface area (Å²) in [6.07, 6.45) is 0. The lowest BCUT2D eigenvalue weighted by molar-refractivity contribution is 1.08. The number of fused-ring (bicyclic) bond motifs is 8. The van der Waals surface area contributed by atoms with Gasteiger partial charge in [-0.15, -0.1) is 11.3 Å². The molecule has 0 aliphatic carbocycles. The SMILES string of the molecule is c1ccc(-c2nc(-c3ccc4ccc5sc6ccccc6c5c4c3)nc(-c3cccc4c3ccc3ccccc34)n2)cc1. The maximum atomic E-state index is 5.15. The van der Waals surface area contributed by atoms with Gasteiger partial charge in [-0.25, -0.2) is 15.0 Å². The molecule has 2 heterocycles. The van der Waals surface area contributed by atoms with Crippen molar-refractivity contribution in [3.05, 3.63) is 140 Å². The van der Waals surface area contributed by atoms with E-state index in [0.717, 1.165) is 22.1 Å². The van der Waals surface area contributed by atoms with Crippen molar-refractivity contribution in [3.63, 3.8) is 0 Å². The molecule has 0 N–H and O–H groups in total. The number of nitrogens with zero attached hydrogens (tertiary/aromatic N) is 3.